The van der Waals surface area contributed by atoms with Gasteiger partial charge >= 0.3 is 0 Å². The number of aliphatic imine (C=N–C) groups is 1. The Balaban J connectivity index is 2.31. The molecule has 2 rings (SSSR count). The van der Waals surface area contributed by atoms with Gasteiger partial charge < -0.3 is 14.8 Å². The first-order valence-electron chi connectivity index (χ1n) is 5.22. The Morgan fingerprint density at radius 2 is 1.82 bits per heavy atom. The van der Waals surface area contributed by atoms with Crippen LogP contribution < -0.4 is 14.8 Å². The van der Waals surface area contributed by atoms with Gasteiger partial charge in [0.1, 0.15) is 17.3 Å². The molecule has 0 unspecified atom stereocenters. The SMILES string of the molecule is COc1cc(C=C2N=CC=CN2)cc(OC)c1. The van der Waals surface area contributed by atoms with Crippen LogP contribution in [-0.4, -0.2) is 20.4 Å². The summed E-state index contributed by atoms with van der Waals surface area (Å²) in [5, 5.41) is 3.04. The maximum Gasteiger partial charge on any atom is 0.130 e. The summed E-state index contributed by atoms with van der Waals surface area (Å²) >= 11 is 0. The fraction of sp³-hybridized carbons (Fsp3) is 0.154. The highest BCUT2D eigenvalue weighted by Crippen LogP contribution is 2.23. The first kappa shape index (κ1) is 11.3. The van der Waals surface area contributed by atoms with Crippen LogP contribution in [0.5, 0.6) is 11.5 Å². The van der Waals surface area contributed by atoms with Crippen molar-refractivity contribution in [1.29, 1.82) is 0 Å². The lowest BCUT2D eigenvalue weighted by molar-refractivity contribution is 0.394. The first-order chi connectivity index (χ1) is 8.31. The van der Waals surface area contributed by atoms with Crippen LogP contribution in [0.4, 0.5) is 0 Å². The van der Waals surface area contributed by atoms with Crippen molar-refractivity contribution >= 4 is 12.3 Å². The molecule has 0 spiro atoms. The van der Waals surface area contributed by atoms with E-state index >= 15 is 0 Å². The molecular weight excluding hydrogens is 216 g/mol. The third kappa shape index (κ3) is 2.87. The van der Waals surface area contributed by atoms with Crippen LogP contribution in [0.15, 0.2) is 41.3 Å². The molecule has 0 saturated carbocycles. The van der Waals surface area contributed by atoms with Crippen molar-refractivity contribution in [2.24, 2.45) is 4.99 Å². The standard InChI is InChI=1S/C13H14N2O2/c1-16-11-6-10(7-12(9-11)17-2)8-13-14-4-3-5-15-13/h3-9,14H,1-2H3. The Morgan fingerprint density at radius 1 is 1.12 bits per heavy atom. The summed E-state index contributed by atoms with van der Waals surface area (Å²) in [4.78, 5) is 4.19. The fourth-order valence-electron chi connectivity index (χ4n) is 1.49. The minimum atomic E-state index is 0.756. The van der Waals surface area contributed by atoms with E-state index in [4.69, 9.17) is 9.47 Å². The summed E-state index contributed by atoms with van der Waals surface area (Å²) in [7, 11) is 3.26. The molecule has 1 N–H and O–H groups in total. The van der Waals surface area contributed by atoms with Crippen LogP contribution in [0.25, 0.3) is 6.08 Å². The van der Waals surface area contributed by atoms with Gasteiger partial charge in [0, 0.05) is 18.5 Å². The molecule has 1 aromatic rings. The second-order valence-electron chi connectivity index (χ2n) is 3.46. The zero-order valence-corrected chi connectivity index (χ0v) is 9.81. The van der Waals surface area contributed by atoms with Gasteiger partial charge in [-0.3, -0.25) is 0 Å². The molecule has 0 atom stereocenters. The monoisotopic (exact) mass is 230 g/mol. The highest BCUT2D eigenvalue weighted by atomic mass is 16.5. The topological polar surface area (TPSA) is 42.8 Å². The van der Waals surface area contributed by atoms with Gasteiger partial charge in [0.2, 0.25) is 0 Å². The lowest BCUT2D eigenvalue weighted by Gasteiger charge is -2.08. The van der Waals surface area contributed by atoms with Crippen LogP contribution >= 0.6 is 0 Å². The van der Waals surface area contributed by atoms with E-state index < -0.39 is 0 Å². The Bertz CT molecular complexity index is 468. The molecule has 0 bridgehead atoms. The summed E-state index contributed by atoms with van der Waals surface area (Å²) in [6.07, 6.45) is 7.32. The van der Waals surface area contributed by atoms with Crippen LogP contribution in [0.3, 0.4) is 0 Å². The number of methoxy groups -OCH3 is 2. The van der Waals surface area contributed by atoms with Gasteiger partial charge in [0.15, 0.2) is 0 Å². The smallest absolute Gasteiger partial charge is 0.130 e. The molecule has 4 heteroatoms. The zero-order chi connectivity index (χ0) is 12.1. The van der Waals surface area contributed by atoms with Gasteiger partial charge in [-0.05, 0) is 29.8 Å². The molecule has 0 aromatic heterocycles. The highest BCUT2D eigenvalue weighted by molar-refractivity contribution is 5.74. The number of benzene rings is 1. The normalized spacial score (nSPS) is 15.8. The summed E-state index contributed by atoms with van der Waals surface area (Å²) in [6.45, 7) is 0. The van der Waals surface area contributed by atoms with Crippen molar-refractivity contribution in [3.63, 3.8) is 0 Å². The van der Waals surface area contributed by atoms with Gasteiger partial charge in [0.25, 0.3) is 0 Å². The van der Waals surface area contributed by atoms with Crippen molar-refractivity contribution in [3.05, 3.63) is 41.9 Å². The molecule has 0 fully saturated rings. The summed E-state index contributed by atoms with van der Waals surface area (Å²) in [5.74, 6) is 2.29. The van der Waals surface area contributed by atoms with Crippen molar-refractivity contribution < 1.29 is 9.47 Å². The number of nitrogens with zero attached hydrogens (tertiary/aromatic N) is 1. The van der Waals surface area contributed by atoms with Crippen LogP contribution in [0.1, 0.15) is 5.56 Å². The van der Waals surface area contributed by atoms with Gasteiger partial charge in [-0.25, -0.2) is 4.99 Å². The van der Waals surface area contributed by atoms with Gasteiger partial charge in [0.05, 0.1) is 14.2 Å². The Hall–Kier alpha value is -2.23. The second-order valence-corrected chi connectivity index (χ2v) is 3.46. The predicted octanol–water partition coefficient (Wildman–Crippen LogP) is 2.19. The molecule has 1 aliphatic heterocycles. The van der Waals surface area contributed by atoms with E-state index in [0.29, 0.717) is 0 Å². The Labute approximate surface area is 100 Å². The minimum absolute atomic E-state index is 0.756. The molecule has 4 nitrogen and oxygen atoms in total. The second kappa shape index (κ2) is 5.21. The maximum atomic E-state index is 5.20. The summed E-state index contributed by atoms with van der Waals surface area (Å²) < 4.78 is 10.4. The fourth-order valence-corrected chi connectivity index (χ4v) is 1.49. The highest BCUT2D eigenvalue weighted by Gasteiger charge is 2.01. The van der Waals surface area contributed by atoms with E-state index in [0.717, 1.165) is 22.9 Å². The maximum absolute atomic E-state index is 5.20. The van der Waals surface area contributed by atoms with E-state index in [2.05, 4.69) is 10.3 Å². The number of hydrogen-bond acceptors (Lipinski definition) is 4. The Kier molecular flexibility index (Phi) is 3.45. The molecule has 0 aliphatic carbocycles. The van der Waals surface area contributed by atoms with Gasteiger partial charge in [-0.2, -0.15) is 0 Å². The van der Waals surface area contributed by atoms with E-state index in [1.807, 2.05) is 36.6 Å². The molecule has 0 amide bonds. The number of allylic oxidation sites excluding steroid dienone is 1. The number of nitrogens with one attached hydrogen (secondary N) is 1. The van der Waals surface area contributed by atoms with Crippen LogP contribution in [-0.2, 0) is 0 Å². The average Bonchev–Trinajstić information content (AvgIpc) is 2.39. The minimum Gasteiger partial charge on any atom is -0.497 e. The quantitative estimate of drug-likeness (QED) is 0.865. The van der Waals surface area contributed by atoms with Crippen LogP contribution in [0, 0.1) is 0 Å². The lowest BCUT2D eigenvalue weighted by Crippen LogP contribution is -2.05. The number of rotatable bonds is 3. The zero-order valence-electron chi connectivity index (χ0n) is 9.81. The first-order valence-corrected chi connectivity index (χ1v) is 5.22. The van der Waals surface area contributed by atoms with Crippen LogP contribution in [0.2, 0.25) is 0 Å². The van der Waals surface area contributed by atoms with E-state index in [9.17, 15) is 0 Å². The van der Waals surface area contributed by atoms with E-state index in [-0.39, 0.29) is 0 Å². The molecule has 0 radical (unpaired) electrons. The Morgan fingerprint density at radius 3 is 2.35 bits per heavy atom. The predicted molar refractivity (Wildman–Crippen MR) is 68.3 cm³/mol. The number of ether oxygens (including phenoxy) is 2. The molecule has 1 heterocycles. The number of hydrogen-bond donors (Lipinski definition) is 1. The van der Waals surface area contributed by atoms with Crippen molar-refractivity contribution in [2.45, 2.75) is 0 Å². The lowest BCUT2D eigenvalue weighted by atomic mass is 10.2. The summed E-state index contributed by atoms with van der Waals surface area (Å²) in [5.41, 5.74) is 0.969. The van der Waals surface area contributed by atoms with Crippen molar-refractivity contribution in [2.75, 3.05) is 14.2 Å². The van der Waals surface area contributed by atoms with E-state index in [1.165, 1.54) is 0 Å². The molecule has 88 valence electrons. The largest absolute Gasteiger partial charge is 0.497 e. The average molecular weight is 230 g/mol. The van der Waals surface area contributed by atoms with Crippen molar-refractivity contribution in [1.82, 2.24) is 5.32 Å². The third-order valence-corrected chi connectivity index (χ3v) is 2.30. The van der Waals surface area contributed by atoms with Crippen molar-refractivity contribution in [3.8, 4) is 11.5 Å². The summed E-state index contributed by atoms with van der Waals surface area (Å²) in [6, 6.07) is 5.68. The molecule has 1 aromatic carbocycles. The van der Waals surface area contributed by atoms with E-state index in [1.54, 1.807) is 20.4 Å². The molecule has 17 heavy (non-hydrogen) atoms. The molecule has 0 saturated heterocycles. The molecular formula is C13H14N2O2. The third-order valence-electron chi connectivity index (χ3n) is 2.30. The van der Waals surface area contributed by atoms with Gasteiger partial charge in [-0.1, -0.05) is 0 Å². The van der Waals surface area contributed by atoms with Gasteiger partial charge in [-0.15, -0.1) is 0 Å². The molecule has 1 aliphatic rings.